The van der Waals surface area contributed by atoms with E-state index < -0.39 is 16.1 Å². The largest absolute Gasteiger partial charge is 0.495 e. The Bertz CT molecular complexity index is 1090. The van der Waals surface area contributed by atoms with E-state index >= 15 is 0 Å². The van der Waals surface area contributed by atoms with E-state index in [0.717, 1.165) is 0 Å². The van der Waals surface area contributed by atoms with Crippen LogP contribution in [0.2, 0.25) is 0 Å². The maximum Gasteiger partial charge on any atom is 0.246 e. The number of benzene rings is 1. The average molecular weight is 510 g/mol. The molecule has 2 bridgehead atoms. The molecule has 11 nitrogen and oxygen atoms in total. The highest BCUT2D eigenvalue weighted by Gasteiger charge is 2.32. The first-order valence-corrected chi connectivity index (χ1v) is 13.1. The standard InChI is InChI=1S/C23H35N5O6S/c1-17-12-28(18(2)15-29)23(30)10-7-11-27-13-19(24-25-27)16-34-21(17)14-26(3)35(31,32)22-9-6-5-8-20(22)33-4/h5-6,8-9,13,17-18,21,29H,7,10-12,14-16H2,1-4H3/t17-,18+,21-/m0/s1. The molecule has 0 radical (unpaired) electrons. The van der Waals surface area contributed by atoms with E-state index in [9.17, 15) is 18.3 Å². The van der Waals surface area contributed by atoms with E-state index in [-0.39, 0.29) is 48.3 Å². The predicted molar refractivity (Wildman–Crippen MR) is 128 cm³/mol. The second kappa shape index (κ2) is 11.9. The number of nitrogens with zero attached hydrogens (tertiary/aromatic N) is 5. The molecule has 0 fully saturated rings. The molecule has 2 heterocycles. The van der Waals surface area contributed by atoms with Crippen molar-refractivity contribution < 1.29 is 27.8 Å². The van der Waals surface area contributed by atoms with Gasteiger partial charge >= 0.3 is 0 Å². The van der Waals surface area contributed by atoms with Crippen molar-refractivity contribution in [2.24, 2.45) is 5.92 Å². The quantitative estimate of drug-likeness (QED) is 0.589. The number of sulfonamides is 1. The molecule has 1 aliphatic heterocycles. The predicted octanol–water partition coefficient (Wildman–Crippen LogP) is 1.13. The van der Waals surface area contributed by atoms with Gasteiger partial charge in [0, 0.05) is 39.0 Å². The van der Waals surface area contributed by atoms with Crippen molar-refractivity contribution in [1.82, 2.24) is 24.2 Å². The number of rotatable bonds is 7. The number of amides is 1. The summed E-state index contributed by atoms with van der Waals surface area (Å²) in [6.45, 7) is 4.59. The van der Waals surface area contributed by atoms with Crippen LogP contribution in [0.15, 0.2) is 35.4 Å². The molecule has 1 aromatic heterocycles. The van der Waals surface area contributed by atoms with Gasteiger partial charge < -0.3 is 19.5 Å². The Balaban J connectivity index is 1.88. The van der Waals surface area contributed by atoms with Gasteiger partial charge in [-0.05, 0) is 25.5 Å². The SMILES string of the molecule is COc1ccccc1S(=O)(=O)N(C)C[C@@H]1OCc2cn(nn2)CCCC(=O)N([C@H](C)CO)C[C@@H]1C. The number of carbonyl (C=O) groups excluding carboxylic acids is 1. The number of aliphatic hydroxyl groups excluding tert-OH is 1. The van der Waals surface area contributed by atoms with Crippen molar-refractivity contribution in [3.05, 3.63) is 36.2 Å². The van der Waals surface area contributed by atoms with E-state index in [1.54, 1.807) is 40.9 Å². The van der Waals surface area contributed by atoms with Crippen LogP contribution in [0.3, 0.4) is 0 Å². The molecule has 12 heteroatoms. The Morgan fingerprint density at radius 2 is 2.09 bits per heavy atom. The lowest BCUT2D eigenvalue weighted by Gasteiger charge is -2.35. The molecule has 194 valence electrons. The lowest BCUT2D eigenvalue weighted by molar-refractivity contribution is -0.136. The minimum absolute atomic E-state index is 0.0468. The smallest absolute Gasteiger partial charge is 0.246 e. The van der Waals surface area contributed by atoms with Gasteiger partial charge in [-0.2, -0.15) is 4.31 Å². The van der Waals surface area contributed by atoms with Crippen molar-refractivity contribution in [2.75, 3.05) is 33.9 Å². The van der Waals surface area contributed by atoms with Crippen LogP contribution >= 0.6 is 0 Å². The first kappa shape index (κ1) is 27.1. The van der Waals surface area contributed by atoms with Crippen molar-refractivity contribution in [2.45, 2.75) is 56.9 Å². The first-order valence-electron chi connectivity index (χ1n) is 11.7. The molecule has 1 aliphatic rings. The van der Waals surface area contributed by atoms with Gasteiger partial charge in [0.25, 0.3) is 0 Å². The normalized spacial score (nSPS) is 21.2. The summed E-state index contributed by atoms with van der Waals surface area (Å²) in [5.41, 5.74) is 0.628. The van der Waals surface area contributed by atoms with Crippen LogP contribution < -0.4 is 4.74 Å². The molecule has 0 unspecified atom stereocenters. The molecule has 1 aromatic carbocycles. The van der Waals surface area contributed by atoms with Crippen LogP contribution in [0.5, 0.6) is 5.75 Å². The summed E-state index contributed by atoms with van der Waals surface area (Å²) in [7, 11) is -0.953. The number of aliphatic hydroxyl groups is 1. The highest BCUT2D eigenvalue weighted by atomic mass is 32.2. The maximum atomic E-state index is 13.4. The molecular weight excluding hydrogens is 474 g/mol. The Morgan fingerprint density at radius 1 is 1.34 bits per heavy atom. The monoisotopic (exact) mass is 509 g/mol. The summed E-state index contributed by atoms with van der Waals surface area (Å²) in [6.07, 6.45) is 2.11. The molecular formula is C23H35N5O6S. The highest BCUT2D eigenvalue weighted by Crippen LogP contribution is 2.27. The zero-order valence-corrected chi connectivity index (χ0v) is 21.5. The van der Waals surface area contributed by atoms with Crippen LogP contribution in [-0.2, 0) is 32.7 Å². The Morgan fingerprint density at radius 3 is 2.80 bits per heavy atom. The van der Waals surface area contributed by atoms with Gasteiger partial charge in [0.15, 0.2) is 0 Å². The third-order valence-electron chi connectivity index (χ3n) is 6.24. The number of carbonyl (C=O) groups is 1. The summed E-state index contributed by atoms with van der Waals surface area (Å²) >= 11 is 0. The van der Waals surface area contributed by atoms with Crippen LogP contribution in [0, 0.1) is 5.92 Å². The molecule has 0 spiro atoms. The molecule has 0 saturated heterocycles. The maximum absolute atomic E-state index is 13.4. The fourth-order valence-electron chi connectivity index (χ4n) is 4.04. The van der Waals surface area contributed by atoms with E-state index in [2.05, 4.69) is 10.3 Å². The number of methoxy groups -OCH3 is 1. The molecule has 1 N–H and O–H groups in total. The van der Waals surface area contributed by atoms with E-state index in [1.165, 1.54) is 24.5 Å². The highest BCUT2D eigenvalue weighted by molar-refractivity contribution is 7.89. The zero-order chi connectivity index (χ0) is 25.6. The third kappa shape index (κ3) is 6.57. The molecule has 0 aliphatic carbocycles. The molecule has 1 amide bonds. The summed E-state index contributed by atoms with van der Waals surface area (Å²) in [5, 5.41) is 17.9. The number of para-hydroxylation sites is 1. The minimum atomic E-state index is -3.87. The first-order chi connectivity index (χ1) is 16.7. The van der Waals surface area contributed by atoms with Gasteiger partial charge in [-0.25, -0.2) is 8.42 Å². The molecule has 3 atom stereocenters. The minimum Gasteiger partial charge on any atom is -0.495 e. The molecule has 35 heavy (non-hydrogen) atoms. The number of fused-ring (bicyclic) bond motifs is 2. The van der Waals surface area contributed by atoms with Gasteiger partial charge in [-0.15, -0.1) is 5.10 Å². The van der Waals surface area contributed by atoms with Crippen molar-refractivity contribution in [1.29, 1.82) is 0 Å². The van der Waals surface area contributed by atoms with Gasteiger partial charge in [-0.3, -0.25) is 9.48 Å². The number of likely N-dealkylation sites (N-methyl/N-ethyl adjacent to an activating group) is 1. The second-order valence-corrected chi connectivity index (χ2v) is 10.9. The van der Waals surface area contributed by atoms with E-state index in [1.807, 2.05) is 6.92 Å². The molecule has 3 rings (SSSR count). The number of hydrogen-bond acceptors (Lipinski definition) is 8. The van der Waals surface area contributed by atoms with Gasteiger partial charge in [-0.1, -0.05) is 24.3 Å². The second-order valence-electron chi connectivity index (χ2n) is 8.92. The summed E-state index contributed by atoms with van der Waals surface area (Å²) in [5.74, 6) is -0.0563. The van der Waals surface area contributed by atoms with Crippen molar-refractivity contribution in [3.63, 3.8) is 0 Å². The van der Waals surface area contributed by atoms with Gasteiger partial charge in [0.2, 0.25) is 15.9 Å². The Labute approximate surface area is 206 Å². The molecule has 2 aromatic rings. The lowest BCUT2D eigenvalue weighted by atomic mass is 10.0. The van der Waals surface area contributed by atoms with Gasteiger partial charge in [0.05, 0.1) is 38.7 Å². The molecule has 0 saturated carbocycles. The van der Waals surface area contributed by atoms with E-state index in [0.29, 0.717) is 31.6 Å². The summed E-state index contributed by atoms with van der Waals surface area (Å²) in [6, 6.07) is 6.08. The van der Waals surface area contributed by atoms with Crippen LogP contribution in [-0.4, -0.2) is 89.6 Å². The topological polar surface area (TPSA) is 127 Å². The Kier molecular flexibility index (Phi) is 9.22. The fourth-order valence-corrected chi connectivity index (χ4v) is 5.38. The lowest BCUT2D eigenvalue weighted by Crippen LogP contribution is -2.47. The Hall–Kier alpha value is -2.54. The van der Waals surface area contributed by atoms with Gasteiger partial charge in [0.1, 0.15) is 16.3 Å². The van der Waals surface area contributed by atoms with Crippen LogP contribution in [0.4, 0.5) is 0 Å². The average Bonchev–Trinajstić information content (AvgIpc) is 3.31. The van der Waals surface area contributed by atoms with Crippen molar-refractivity contribution >= 4 is 15.9 Å². The van der Waals surface area contributed by atoms with Crippen LogP contribution in [0.1, 0.15) is 32.4 Å². The number of aromatic nitrogens is 3. The van der Waals surface area contributed by atoms with E-state index in [4.69, 9.17) is 9.47 Å². The summed E-state index contributed by atoms with van der Waals surface area (Å²) < 4.78 is 41.0. The third-order valence-corrected chi connectivity index (χ3v) is 8.10. The van der Waals surface area contributed by atoms with Crippen molar-refractivity contribution in [3.8, 4) is 5.75 Å². The summed E-state index contributed by atoms with van der Waals surface area (Å²) in [4.78, 5) is 14.7. The number of ether oxygens (including phenoxy) is 2. The fraction of sp³-hybridized carbons (Fsp3) is 0.609. The number of hydrogen-bond donors (Lipinski definition) is 1. The number of aryl methyl sites for hydroxylation is 1. The zero-order valence-electron chi connectivity index (χ0n) is 20.7. The van der Waals surface area contributed by atoms with Crippen LogP contribution in [0.25, 0.3) is 0 Å².